The molecule has 4 heteroatoms. The van der Waals surface area contributed by atoms with Crippen molar-refractivity contribution in [3.8, 4) is 0 Å². The van der Waals surface area contributed by atoms with Gasteiger partial charge in [-0.3, -0.25) is 9.69 Å². The summed E-state index contributed by atoms with van der Waals surface area (Å²) in [6, 6.07) is 12.7. The number of nitrogens with one attached hydrogen (secondary N) is 1. The van der Waals surface area contributed by atoms with Crippen molar-refractivity contribution in [2.24, 2.45) is 0 Å². The van der Waals surface area contributed by atoms with Gasteiger partial charge in [-0.2, -0.15) is 11.3 Å². The molecule has 0 bridgehead atoms. The van der Waals surface area contributed by atoms with Crippen molar-refractivity contribution in [2.75, 3.05) is 19.6 Å². The van der Waals surface area contributed by atoms with Crippen LogP contribution in [0.4, 0.5) is 0 Å². The van der Waals surface area contributed by atoms with Crippen molar-refractivity contribution in [2.45, 2.75) is 31.7 Å². The van der Waals surface area contributed by atoms with Crippen molar-refractivity contribution in [3.63, 3.8) is 0 Å². The topological polar surface area (TPSA) is 32.3 Å². The molecule has 3 rings (SSSR count). The van der Waals surface area contributed by atoms with Gasteiger partial charge in [-0.05, 0) is 60.3 Å². The van der Waals surface area contributed by atoms with Gasteiger partial charge in [0.2, 0.25) is 5.91 Å². The number of nitrogens with zero attached hydrogens (tertiary/aromatic N) is 1. The van der Waals surface area contributed by atoms with Crippen molar-refractivity contribution >= 4 is 17.2 Å². The summed E-state index contributed by atoms with van der Waals surface area (Å²) >= 11 is 1.73. The second kappa shape index (κ2) is 8.27. The molecule has 0 saturated carbocycles. The number of likely N-dealkylation sites (tertiary alicyclic amines) is 1. The molecule has 3 nitrogen and oxygen atoms in total. The molecule has 1 amide bonds. The van der Waals surface area contributed by atoms with E-state index in [2.05, 4.69) is 39.2 Å². The Morgan fingerprint density at radius 1 is 1.17 bits per heavy atom. The number of benzene rings is 1. The Hall–Kier alpha value is -1.65. The first-order valence-corrected chi connectivity index (χ1v) is 9.34. The molecule has 1 fully saturated rings. The molecule has 2 aromatic rings. The Kier molecular flexibility index (Phi) is 5.83. The summed E-state index contributed by atoms with van der Waals surface area (Å²) in [5.74, 6) is 0.147. The van der Waals surface area contributed by atoms with Gasteiger partial charge in [0.15, 0.2) is 0 Å². The zero-order chi connectivity index (χ0) is 15.9. The fraction of sp³-hybridized carbons (Fsp3) is 0.421. The van der Waals surface area contributed by atoms with E-state index in [-0.39, 0.29) is 5.91 Å². The fourth-order valence-corrected chi connectivity index (χ4v) is 3.88. The first-order valence-electron chi connectivity index (χ1n) is 8.40. The molecule has 1 N–H and O–H groups in total. The van der Waals surface area contributed by atoms with Crippen LogP contribution in [0, 0.1) is 0 Å². The van der Waals surface area contributed by atoms with Gasteiger partial charge in [0.05, 0.1) is 6.04 Å². The number of carbonyl (C=O) groups is 1. The second-order valence-corrected chi connectivity index (χ2v) is 6.89. The maximum absolute atomic E-state index is 12.2. The van der Waals surface area contributed by atoms with Gasteiger partial charge in [0.1, 0.15) is 0 Å². The molecule has 1 aromatic heterocycles. The summed E-state index contributed by atoms with van der Waals surface area (Å²) in [5, 5.41) is 7.47. The molecule has 0 spiro atoms. The highest BCUT2D eigenvalue weighted by Crippen LogP contribution is 2.26. The Balaban J connectivity index is 1.51. The van der Waals surface area contributed by atoms with Crippen molar-refractivity contribution in [1.29, 1.82) is 0 Å². The van der Waals surface area contributed by atoms with Crippen LogP contribution in [0.1, 0.15) is 36.4 Å². The maximum atomic E-state index is 12.2. The summed E-state index contributed by atoms with van der Waals surface area (Å²) in [7, 11) is 0. The molecule has 1 aliphatic rings. The van der Waals surface area contributed by atoms with Crippen LogP contribution in [0.5, 0.6) is 0 Å². The molecule has 1 unspecified atom stereocenters. The molecule has 0 aliphatic carbocycles. The van der Waals surface area contributed by atoms with Crippen LogP contribution in [0.15, 0.2) is 47.2 Å². The monoisotopic (exact) mass is 328 g/mol. The lowest BCUT2D eigenvalue weighted by atomic mass is 10.1. The van der Waals surface area contributed by atoms with E-state index < -0.39 is 0 Å². The highest BCUT2D eigenvalue weighted by molar-refractivity contribution is 7.07. The zero-order valence-electron chi connectivity index (χ0n) is 13.4. The summed E-state index contributed by atoms with van der Waals surface area (Å²) in [6.07, 6.45) is 3.89. The third-order valence-corrected chi connectivity index (χ3v) is 5.19. The quantitative estimate of drug-likeness (QED) is 0.842. The lowest BCUT2D eigenvalue weighted by Gasteiger charge is -2.27. The predicted molar refractivity (Wildman–Crippen MR) is 95.6 cm³/mol. The Labute approximate surface area is 142 Å². The van der Waals surface area contributed by atoms with Gasteiger partial charge in [-0.25, -0.2) is 0 Å². The van der Waals surface area contributed by atoms with Gasteiger partial charge in [0.25, 0.3) is 0 Å². The average molecular weight is 328 g/mol. The van der Waals surface area contributed by atoms with Crippen molar-refractivity contribution in [3.05, 3.63) is 58.3 Å². The van der Waals surface area contributed by atoms with E-state index in [1.165, 1.54) is 24.0 Å². The minimum atomic E-state index is 0.147. The van der Waals surface area contributed by atoms with E-state index in [1.807, 2.05) is 18.2 Å². The summed E-state index contributed by atoms with van der Waals surface area (Å²) in [6.45, 7) is 2.99. The molecule has 2 heterocycles. The molecular formula is C19H24N2OS. The SMILES string of the molecule is O=C(CCc1ccccc1)NCC(c1ccsc1)N1CCCC1. The normalized spacial score (nSPS) is 16.3. The van der Waals surface area contributed by atoms with E-state index in [9.17, 15) is 4.79 Å². The minimum Gasteiger partial charge on any atom is -0.354 e. The second-order valence-electron chi connectivity index (χ2n) is 6.11. The summed E-state index contributed by atoms with van der Waals surface area (Å²) < 4.78 is 0. The number of hydrogen-bond acceptors (Lipinski definition) is 3. The molecule has 1 aromatic carbocycles. The number of hydrogen-bond donors (Lipinski definition) is 1. The lowest BCUT2D eigenvalue weighted by Crippen LogP contribution is -2.36. The molecule has 122 valence electrons. The Bertz CT molecular complexity index is 591. The smallest absolute Gasteiger partial charge is 0.220 e. The molecule has 1 atom stereocenters. The Morgan fingerprint density at radius 2 is 1.96 bits per heavy atom. The fourth-order valence-electron chi connectivity index (χ4n) is 3.18. The van der Waals surface area contributed by atoms with Gasteiger partial charge in [-0.1, -0.05) is 30.3 Å². The van der Waals surface area contributed by atoms with Crippen LogP contribution < -0.4 is 5.32 Å². The number of amides is 1. The van der Waals surface area contributed by atoms with Crippen LogP contribution in [-0.4, -0.2) is 30.4 Å². The number of carbonyl (C=O) groups excluding carboxylic acids is 1. The van der Waals surface area contributed by atoms with Crippen LogP contribution in [0.3, 0.4) is 0 Å². The Morgan fingerprint density at radius 3 is 2.65 bits per heavy atom. The molecule has 1 saturated heterocycles. The van der Waals surface area contributed by atoms with Crippen LogP contribution in [0.2, 0.25) is 0 Å². The summed E-state index contributed by atoms with van der Waals surface area (Å²) in [4.78, 5) is 14.7. The largest absolute Gasteiger partial charge is 0.354 e. The average Bonchev–Trinajstić information content (AvgIpc) is 3.28. The molecule has 23 heavy (non-hydrogen) atoms. The van der Waals surface area contributed by atoms with Crippen molar-refractivity contribution < 1.29 is 4.79 Å². The van der Waals surface area contributed by atoms with E-state index in [1.54, 1.807) is 11.3 Å². The highest BCUT2D eigenvalue weighted by atomic mass is 32.1. The molecule has 0 radical (unpaired) electrons. The third-order valence-electron chi connectivity index (χ3n) is 4.49. The highest BCUT2D eigenvalue weighted by Gasteiger charge is 2.24. The van der Waals surface area contributed by atoms with Gasteiger partial charge in [-0.15, -0.1) is 0 Å². The van der Waals surface area contributed by atoms with Crippen molar-refractivity contribution in [1.82, 2.24) is 10.2 Å². The van der Waals surface area contributed by atoms with E-state index in [0.717, 1.165) is 19.5 Å². The van der Waals surface area contributed by atoms with Crippen LogP contribution in [-0.2, 0) is 11.2 Å². The third kappa shape index (κ3) is 4.66. The minimum absolute atomic E-state index is 0.147. The predicted octanol–water partition coefficient (Wildman–Crippen LogP) is 3.63. The van der Waals surface area contributed by atoms with E-state index in [4.69, 9.17) is 0 Å². The molecule has 1 aliphatic heterocycles. The van der Waals surface area contributed by atoms with Gasteiger partial charge >= 0.3 is 0 Å². The number of thiophene rings is 1. The molecular weight excluding hydrogens is 304 g/mol. The first kappa shape index (κ1) is 16.2. The first-order chi connectivity index (χ1) is 11.3. The van der Waals surface area contributed by atoms with Crippen LogP contribution >= 0.6 is 11.3 Å². The van der Waals surface area contributed by atoms with E-state index >= 15 is 0 Å². The maximum Gasteiger partial charge on any atom is 0.220 e. The standard InChI is InChI=1S/C19H24N2OS/c22-19(9-8-16-6-2-1-3-7-16)20-14-18(17-10-13-23-15-17)21-11-4-5-12-21/h1-3,6-7,10,13,15,18H,4-5,8-9,11-12,14H2,(H,20,22). The lowest BCUT2D eigenvalue weighted by molar-refractivity contribution is -0.121. The zero-order valence-corrected chi connectivity index (χ0v) is 14.2. The summed E-state index contributed by atoms with van der Waals surface area (Å²) in [5.41, 5.74) is 2.55. The van der Waals surface area contributed by atoms with Crippen LogP contribution in [0.25, 0.3) is 0 Å². The van der Waals surface area contributed by atoms with E-state index in [0.29, 0.717) is 19.0 Å². The number of rotatable bonds is 7. The number of aryl methyl sites for hydroxylation is 1. The van der Waals surface area contributed by atoms with Gasteiger partial charge < -0.3 is 5.32 Å². The van der Waals surface area contributed by atoms with Gasteiger partial charge in [0, 0.05) is 13.0 Å².